The van der Waals surface area contributed by atoms with Gasteiger partial charge in [-0.3, -0.25) is 9.48 Å². The van der Waals surface area contributed by atoms with Crippen LogP contribution in [0.2, 0.25) is 5.02 Å². The van der Waals surface area contributed by atoms with E-state index in [1.165, 1.54) is 6.20 Å². The summed E-state index contributed by atoms with van der Waals surface area (Å²) in [6, 6.07) is 0. The summed E-state index contributed by atoms with van der Waals surface area (Å²) in [5.74, 6) is -0.0347. The molecule has 0 aromatic carbocycles. The summed E-state index contributed by atoms with van der Waals surface area (Å²) in [7, 11) is 1.79. The third-order valence-electron chi connectivity index (χ3n) is 2.47. The number of ketones is 1. The number of rotatable bonds is 4. The minimum absolute atomic E-state index is 0.0347. The number of hydrogen-bond donors (Lipinski definition) is 0. The molecule has 17 heavy (non-hydrogen) atoms. The lowest BCUT2D eigenvalue weighted by atomic mass is 10.2. The Morgan fingerprint density at radius 1 is 1.59 bits per heavy atom. The van der Waals surface area contributed by atoms with Crippen LogP contribution in [0.4, 0.5) is 0 Å². The van der Waals surface area contributed by atoms with Crippen LogP contribution in [0.25, 0.3) is 0 Å². The molecule has 0 bridgehead atoms. The summed E-state index contributed by atoms with van der Waals surface area (Å²) in [6.45, 7) is 1.98. The van der Waals surface area contributed by atoms with E-state index in [1.54, 1.807) is 11.7 Å². The molecular formula is C10H11ClN4OS. The lowest BCUT2D eigenvalue weighted by Gasteiger charge is -1.99. The number of aryl methyl sites for hydroxylation is 2. The minimum Gasteiger partial charge on any atom is -0.293 e. The molecular weight excluding hydrogens is 260 g/mol. The summed E-state index contributed by atoms with van der Waals surface area (Å²) in [5, 5.41) is 8.50. The molecule has 7 heteroatoms. The van der Waals surface area contributed by atoms with Crippen molar-refractivity contribution in [3.8, 4) is 0 Å². The van der Waals surface area contributed by atoms with Crippen molar-refractivity contribution in [2.45, 2.75) is 19.8 Å². The second kappa shape index (κ2) is 4.93. The molecule has 0 atom stereocenters. The number of halogens is 1. The van der Waals surface area contributed by atoms with Crippen LogP contribution in [0.3, 0.4) is 0 Å². The Kier molecular flexibility index (Phi) is 3.54. The largest absolute Gasteiger partial charge is 0.293 e. The smallest absolute Gasteiger partial charge is 0.182 e. The van der Waals surface area contributed by atoms with Crippen LogP contribution in [0.5, 0.6) is 0 Å². The molecule has 0 amide bonds. The zero-order valence-electron chi connectivity index (χ0n) is 9.47. The Balaban J connectivity index is 2.25. The van der Waals surface area contributed by atoms with E-state index in [1.807, 2.05) is 6.92 Å². The van der Waals surface area contributed by atoms with E-state index >= 15 is 0 Å². The van der Waals surface area contributed by atoms with E-state index in [-0.39, 0.29) is 12.2 Å². The van der Waals surface area contributed by atoms with Crippen LogP contribution < -0.4 is 0 Å². The van der Waals surface area contributed by atoms with E-state index < -0.39 is 0 Å². The molecule has 0 unspecified atom stereocenters. The maximum atomic E-state index is 11.9. The van der Waals surface area contributed by atoms with Gasteiger partial charge in [0.05, 0.1) is 29.0 Å². The van der Waals surface area contributed by atoms with Gasteiger partial charge in [0, 0.05) is 7.05 Å². The second-order valence-electron chi connectivity index (χ2n) is 3.57. The van der Waals surface area contributed by atoms with E-state index in [2.05, 4.69) is 14.7 Å². The van der Waals surface area contributed by atoms with Gasteiger partial charge in [-0.05, 0) is 18.0 Å². The molecule has 0 aliphatic heterocycles. The molecule has 0 fully saturated rings. The Hall–Kier alpha value is -1.27. The molecule has 0 aliphatic rings. The lowest BCUT2D eigenvalue weighted by molar-refractivity contribution is 0.0994. The first-order valence-corrected chi connectivity index (χ1v) is 6.29. The normalized spacial score (nSPS) is 10.8. The Morgan fingerprint density at radius 3 is 2.88 bits per heavy atom. The first-order chi connectivity index (χ1) is 8.13. The summed E-state index contributed by atoms with van der Waals surface area (Å²) < 4.78 is 5.33. The first kappa shape index (κ1) is 12.2. The third-order valence-corrected chi connectivity index (χ3v) is 3.61. The van der Waals surface area contributed by atoms with Crippen LogP contribution >= 0.6 is 23.1 Å². The molecule has 2 rings (SSSR count). The maximum absolute atomic E-state index is 11.9. The standard InChI is InChI=1S/C10H11ClN4OS/c1-3-6-10(11)7(15(2)13-6)4-8(16)9-5-12-14-17-9/h5H,3-4H2,1-2H3. The topological polar surface area (TPSA) is 60.7 Å². The van der Waals surface area contributed by atoms with Crippen molar-refractivity contribution < 1.29 is 4.79 Å². The number of Topliss-reactive ketones (excluding diaryl/α,β-unsaturated/α-hetero) is 1. The van der Waals surface area contributed by atoms with E-state index in [0.717, 1.165) is 29.3 Å². The third kappa shape index (κ3) is 2.37. The zero-order valence-corrected chi connectivity index (χ0v) is 11.0. The molecule has 2 aromatic heterocycles. The minimum atomic E-state index is -0.0347. The summed E-state index contributed by atoms with van der Waals surface area (Å²) in [6.07, 6.45) is 2.45. The van der Waals surface area contributed by atoms with Gasteiger partial charge in [0.15, 0.2) is 5.78 Å². The molecule has 0 N–H and O–H groups in total. The van der Waals surface area contributed by atoms with Crippen molar-refractivity contribution in [1.82, 2.24) is 19.4 Å². The quantitative estimate of drug-likeness (QED) is 0.797. The molecule has 5 nitrogen and oxygen atoms in total. The van der Waals surface area contributed by atoms with Crippen LogP contribution in [-0.4, -0.2) is 25.2 Å². The molecule has 0 spiro atoms. The summed E-state index contributed by atoms with van der Waals surface area (Å²) in [4.78, 5) is 12.4. The Morgan fingerprint density at radius 2 is 2.35 bits per heavy atom. The van der Waals surface area contributed by atoms with E-state index in [4.69, 9.17) is 11.6 Å². The van der Waals surface area contributed by atoms with E-state index in [9.17, 15) is 4.79 Å². The monoisotopic (exact) mass is 270 g/mol. The average molecular weight is 271 g/mol. The van der Waals surface area contributed by atoms with Gasteiger partial charge in [-0.15, -0.1) is 5.10 Å². The van der Waals surface area contributed by atoms with Gasteiger partial charge in [0.2, 0.25) is 0 Å². The van der Waals surface area contributed by atoms with Crippen molar-refractivity contribution >= 4 is 28.9 Å². The second-order valence-corrected chi connectivity index (χ2v) is 4.73. The number of hydrogen-bond acceptors (Lipinski definition) is 5. The number of carbonyl (C=O) groups is 1. The predicted molar refractivity (Wildman–Crippen MR) is 65.5 cm³/mol. The molecule has 0 saturated heterocycles. The number of nitrogens with zero attached hydrogens (tertiary/aromatic N) is 4. The first-order valence-electron chi connectivity index (χ1n) is 5.14. The Bertz CT molecular complexity index is 535. The highest BCUT2D eigenvalue weighted by Gasteiger charge is 2.18. The fraction of sp³-hybridized carbons (Fsp3) is 0.400. The van der Waals surface area contributed by atoms with Crippen molar-refractivity contribution in [2.75, 3.05) is 0 Å². The number of carbonyl (C=O) groups excluding carboxylic acids is 1. The van der Waals surface area contributed by atoms with Gasteiger partial charge in [-0.25, -0.2) is 0 Å². The van der Waals surface area contributed by atoms with Crippen LogP contribution in [0.15, 0.2) is 6.20 Å². The zero-order chi connectivity index (χ0) is 12.4. The lowest BCUT2D eigenvalue weighted by Crippen LogP contribution is -2.07. The van der Waals surface area contributed by atoms with Crippen LogP contribution in [-0.2, 0) is 19.9 Å². The molecule has 2 heterocycles. The average Bonchev–Trinajstić information content (AvgIpc) is 2.92. The van der Waals surface area contributed by atoms with Gasteiger partial charge in [0.1, 0.15) is 4.88 Å². The van der Waals surface area contributed by atoms with Crippen molar-refractivity contribution in [1.29, 1.82) is 0 Å². The highest BCUT2D eigenvalue weighted by atomic mass is 35.5. The van der Waals surface area contributed by atoms with Gasteiger partial charge in [0.25, 0.3) is 0 Å². The van der Waals surface area contributed by atoms with Crippen LogP contribution in [0, 0.1) is 0 Å². The Labute approximate surface area is 108 Å². The van der Waals surface area contributed by atoms with Crippen LogP contribution in [0.1, 0.15) is 28.0 Å². The maximum Gasteiger partial charge on any atom is 0.182 e. The van der Waals surface area contributed by atoms with Crippen molar-refractivity contribution in [3.05, 3.63) is 27.5 Å². The molecule has 90 valence electrons. The van der Waals surface area contributed by atoms with Crippen molar-refractivity contribution in [2.24, 2.45) is 7.05 Å². The van der Waals surface area contributed by atoms with Gasteiger partial charge in [-0.2, -0.15) is 5.10 Å². The molecule has 0 saturated carbocycles. The predicted octanol–water partition coefficient (Wildman–Crippen LogP) is 1.91. The summed E-state index contributed by atoms with van der Waals surface area (Å²) >= 11 is 7.26. The molecule has 0 radical (unpaired) electrons. The highest BCUT2D eigenvalue weighted by molar-refractivity contribution is 7.07. The molecule has 2 aromatic rings. The SMILES string of the molecule is CCc1nn(C)c(CC(=O)c2cnns2)c1Cl. The fourth-order valence-electron chi connectivity index (χ4n) is 1.54. The highest BCUT2D eigenvalue weighted by Crippen LogP contribution is 2.22. The fourth-order valence-corrected chi connectivity index (χ4v) is 2.35. The molecule has 0 aliphatic carbocycles. The van der Waals surface area contributed by atoms with Gasteiger partial charge >= 0.3 is 0 Å². The summed E-state index contributed by atoms with van der Waals surface area (Å²) in [5.41, 5.74) is 1.56. The van der Waals surface area contributed by atoms with E-state index in [0.29, 0.717) is 9.90 Å². The van der Waals surface area contributed by atoms with Crippen molar-refractivity contribution in [3.63, 3.8) is 0 Å². The number of aromatic nitrogens is 4. The van der Waals surface area contributed by atoms with Gasteiger partial charge in [-0.1, -0.05) is 23.0 Å². The van der Waals surface area contributed by atoms with Gasteiger partial charge < -0.3 is 0 Å².